The number of carbonyl (C=O) groups excluding carboxylic acids is 2. The van der Waals surface area contributed by atoms with Crippen molar-refractivity contribution in [3.8, 4) is 0 Å². The number of carboxylic acid groups (broad SMARTS) is 1. The van der Waals surface area contributed by atoms with Gasteiger partial charge in [-0.25, -0.2) is 0 Å². The van der Waals surface area contributed by atoms with E-state index in [2.05, 4.69) is 5.32 Å². The van der Waals surface area contributed by atoms with E-state index in [0.717, 1.165) is 17.7 Å². The SMILES string of the molecule is CN(C(=O)CSc1ccccc1C(=O)NCCC(=O)O)C1CCCCC1. The standard InChI is InChI=1S/C19H26N2O4S/c1-21(14-7-3-2-4-8-14)17(22)13-26-16-10-6-5-9-15(16)19(25)20-12-11-18(23)24/h5-6,9-10,14H,2-4,7-8,11-13H2,1H3,(H,20,25)(H,23,24). The maximum atomic E-state index is 12.5. The van der Waals surface area contributed by atoms with Crippen molar-refractivity contribution < 1.29 is 19.5 Å². The monoisotopic (exact) mass is 378 g/mol. The lowest BCUT2D eigenvalue weighted by Crippen LogP contribution is -2.39. The molecule has 0 saturated heterocycles. The van der Waals surface area contributed by atoms with E-state index in [1.165, 1.54) is 31.0 Å². The first-order valence-corrected chi connectivity index (χ1v) is 9.95. The van der Waals surface area contributed by atoms with Gasteiger partial charge in [-0.05, 0) is 25.0 Å². The predicted molar refractivity (Wildman–Crippen MR) is 101 cm³/mol. The van der Waals surface area contributed by atoms with E-state index in [4.69, 9.17) is 5.11 Å². The van der Waals surface area contributed by atoms with Crippen LogP contribution in [-0.2, 0) is 9.59 Å². The summed E-state index contributed by atoms with van der Waals surface area (Å²) in [6, 6.07) is 7.40. The molecule has 1 aromatic rings. The van der Waals surface area contributed by atoms with Crippen LogP contribution in [0.5, 0.6) is 0 Å². The molecule has 7 heteroatoms. The Labute approximate surface area is 158 Å². The number of rotatable bonds is 8. The van der Waals surface area contributed by atoms with Crippen molar-refractivity contribution in [2.75, 3.05) is 19.3 Å². The summed E-state index contributed by atoms with van der Waals surface area (Å²) in [4.78, 5) is 37.9. The van der Waals surface area contributed by atoms with Gasteiger partial charge in [0.1, 0.15) is 0 Å². The van der Waals surface area contributed by atoms with Crippen molar-refractivity contribution in [3.05, 3.63) is 29.8 Å². The third-order valence-corrected chi connectivity index (χ3v) is 5.68. The smallest absolute Gasteiger partial charge is 0.305 e. The summed E-state index contributed by atoms with van der Waals surface area (Å²) in [6.45, 7) is 0.0799. The van der Waals surface area contributed by atoms with E-state index in [-0.39, 0.29) is 30.5 Å². The van der Waals surface area contributed by atoms with Crippen molar-refractivity contribution in [1.29, 1.82) is 0 Å². The van der Waals surface area contributed by atoms with Gasteiger partial charge in [0.2, 0.25) is 5.91 Å². The molecule has 2 amide bonds. The van der Waals surface area contributed by atoms with Crippen LogP contribution in [-0.4, -0.2) is 53.2 Å². The first-order valence-electron chi connectivity index (χ1n) is 8.96. The lowest BCUT2D eigenvalue weighted by Gasteiger charge is -2.31. The molecule has 1 saturated carbocycles. The van der Waals surface area contributed by atoms with Crippen LogP contribution in [0.3, 0.4) is 0 Å². The first kappa shape index (κ1) is 20.3. The minimum absolute atomic E-state index is 0.0722. The molecule has 1 aromatic carbocycles. The molecule has 26 heavy (non-hydrogen) atoms. The lowest BCUT2D eigenvalue weighted by atomic mass is 9.94. The molecular formula is C19H26N2O4S. The summed E-state index contributed by atoms with van der Waals surface area (Å²) in [6.07, 6.45) is 5.61. The maximum Gasteiger partial charge on any atom is 0.305 e. The minimum Gasteiger partial charge on any atom is -0.481 e. The third kappa shape index (κ3) is 6.05. The number of nitrogens with zero attached hydrogens (tertiary/aromatic N) is 1. The van der Waals surface area contributed by atoms with E-state index in [0.29, 0.717) is 11.6 Å². The molecule has 6 nitrogen and oxygen atoms in total. The maximum absolute atomic E-state index is 12.5. The Hall–Kier alpha value is -2.02. The van der Waals surface area contributed by atoms with Crippen LogP contribution in [0.4, 0.5) is 0 Å². The van der Waals surface area contributed by atoms with E-state index in [9.17, 15) is 14.4 Å². The van der Waals surface area contributed by atoms with Gasteiger partial charge < -0.3 is 15.3 Å². The molecule has 0 spiro atoms. The van der Waals surface area contributed by atoms with Crippen molar-refractivity contribution >= 4 is 29.5 Å². The first-order chi connectivity index (χ1) is 12.5. The van der Waals surface area contributed by atoms with Gasteiger partial charge in [-0.3, -0.25) is 14.4 Å². The lowest BCUT2D eigenvalue weighted by molar-refractivity contribution is -0.136. The molecule has 0 bridgehead atoms. The molecule has 0 heterocycles. The van der Waals surface area contributed by atoms with Crippen molar-refractivity contribution in [2.45, 2.75) is 49.5 Å². The topological polar surface area (TPSA) is 86.7 Å². The molecule has 0 atom stereocenters. The fraction of sp³-hybridized carbons (Fsp3) is 0.526. The van der Waals surface area contributed by atoms with Gasteiger partial charge in [-0.2, -0.15) is 0 Å². The van der Waals surface area contributed by atoms with Gasteiger partial charge in [-0.1, -0.05) is 31.4 Å². The molecule has 2 rings (SSSR count). The van der Waals surface area contributed by atoms with Crippen molar-refractivity contribution in [1.82, 2.24) is 10.2 Å². The Bertz CT molecular complexity index is 644. The highest BCUT2D eigenvalue weighted by Crippen LogP contribution is 2.25. The van der Waals surface area contributed by atoms with Crippen LogP contribution in [0, 0.1) is 0 Å². The van der Waals surface area contributed by atoms with Crippen LogP contribution < -0.4 is 5.32 Å². The number of nitrogens with one attached hydrogen (secondary N) is 1. The number of carbonyl (C=O) groups is 3. The second-order valence-corrected chi connectivity index (χ2v) is 7.50. The highest BCUT2D eigenvalue weighted by molar-refractivity contribution is 8.00. The summed E-state index contributed by atoms with van der Waals surface area (Å²) >= 11 is 1.35. The summed E-state index contributed by atoms with van der Waals surface area (Å²) in [7, 11) is 1.86. The molecule has 142 valence electrons. The van der Waals surface area contributed by atoms with E-state index < -0.39 is 5.97 Å². The Morgan fingerprint density at radius 3 is 2.58 bits per heavy atom. The van der Waals surface area contributed by atoms with E-state index in [1.54, 1.807) is 12.1 Å². The zero-order chi connectivity index (χ0) is 18.9. The number of aliphatic carboxylic acids is 1. The molecule has 0 aliphatic heterocycles. The molecule has 0 radical (unpaired) electrons. The number of benzene rings is 1. The number of thioether (sulfide) groups is 1. The normalized spacial score (nSPS) is 14.7. The van der Waals surface area contributed by atoms with Gasteiger partial charge in [0.05, 0.1) is 17.7 Å². The average molecular weight is 378 g/mol. The summed E-state index contributed by atoms with van der Waals surface area (Å²) < 4.78 is 0. The fourth-order valence-corrected chi connectivity index (χ4v) is 4.05. The Balaban J connectivity index is 1.91. The second-order valence-electron chi connectivity index (χ2n) is 6.48. The Kier molecular flexibility index (Phi) is 7.97. The zero-order valence-corrected chi connectivity index (χ0v) is 15.9. The van der Waals surface area contributed by atoms with Crippen LogP contribution in [0.15, 0.2) is 29.2 Å². The second kappa shape index (κ2) is 10.2. The van der Waals surface area contributed by atoms with Crippen LogP contribution in [0.2, 0.25) is 0 Å². The molecule has 2 N–H and O–H groups in total. The Morgan fingerprint density at radius 1 is 1.19 bits per heavy atom. The van der Waals surface area contributed by atoms with Crippen molar-refractivity contribution in [2.24, 2.45) is 0 Å². The minimum atomic E-state index is -0.954. The van der Waals surface area contributed by atoms with Crippen LogP contribution in [0.1, 0.15) is 48.9 Å². The van der Waals surface area contributed by atoms with Crippen LogP contribution >= 0.6 is 11.8 Å². The third-order valence-electron chi connectivity index (χ3n) is 4.62. The molecular weight excluding hydrogens is 352 g/mol. The van der Waals surface area contributed by atoms with Gasteiger partial charge in [0, 0.05) is 24.5 Å². The summed E-state index contributed by atoms with van der Waals surface area (Å²) in [5.41, 5.74) is 0.469. The van der Waals surface area contributed by atoms with Gasteiger partial charge >= 0.3 is 5.97 Å². The Morgan fingerprint density at radius 2 is 1.88 bits per heavy atom. The zero-order valence-electron chi connectivity index (χ0n) is 15.1. The molecule has 0 aromatic heterocycles. The van der Waals surface area contributed by atoms with Crippen molar-refractivity contribution in [3.63, 3.8) is 0 Å². The quantitative estimate of drug-likeness (QED) is 0.679. The number of amides is 2. The van der Waals surface area contributed by atoms with E-state index >= 15 is 0 Å². The molecule has 1 aliphatic rings. The highest BCUT2D eigenvalue weighted by atomic mass is 32.2. The molecule has 1 aliphatic carbocycles. The number of hydrogen-bond donors (Lipinski definition) is 2. The highest BCUT2D eigenvalue weighted by Gasteiger charge is 2.22. The predicted octanol–water partition coefficient (Wildman–Crippen LogP) is 2.77. The van der Waals surface area contributed by atoms with Crippen LogP contribution in [0.25, 0.3) is 0 Å². The van der Waals surface area contributed by atoms with Gasteiger partial charge in [0.25, 0.3) is 5.91 Å². The fourth-order valence-electron chi connectivity index (χ4n) is 3.07. The number of hydrogen-bond acceptors (Lipinski definition) is 4. The molecule has 0 unspecified atom stereocenters. The summed E-state index contributed by atoms with van der Waals surface area (Å²) in [5, 5.41) is 11.3. The summed E-state index contributed by atoms with van der Waals surface area (Å²) in [5.74, 6) is -0.915. The average Bonchev–Trinajstić information content (AvgIpc) is 2.66. The number of carboxylic acids is 1. The van der Waals surface area contributed by atoms with Gasteiger partial charge in [0.15, 0.2) is 0 Å². The molecule has 1 fully saturated rings. The van der Waals surface area contributed by atoms with Gasteiger partial charge in [-0.15, -0.1) is 11.8 Å². The van der Waals surface area contributed by atoms with E-state index in [1.807, 2.05) is 24.1 Å². The largest absolute Gasteiger partial charge is 0.481 e.